The van der Waals surface area contributed by atoms with Gasteiger partial charge in [0.15, 0.2) is 11.9 Å². The Morgan fingerprint density at radius 1 is 1.23 bits per heavy atom. The number of ketones is 1. The van der Waals surface area contributed by atoms with Crippen LogP contribution in [0.2, 0.25) is 0 Å². The minimum Gasteiger partial charge on any atom is -0.481 e. The maximum Gasteiger partial charge on any atom is 0.263 e. The summed E-state index contributed by atoms with van der Waals surface area (Å²) in [6.07, 6.45) is 5.26. The molecule has 1 aliphatic rings. The van der Waals surface area contributed by atoms with E-state index in [9.17, 15) is 9.59 Å². The molecule has 1 aromatic carbocycles. The molecular formula is C18H25NO3. The first-order chi connectivity index (χ1) is 10.5. The third-order valence-corrected chi connectivity index (χ3v) is 4.37. The first-order valence-corrected chi connectivity index (χ1v) is 8.03. The van der Waals surface area contributed by atoms with Crippen LogP contribution in [0.4, 0.5) is 0 Å². The molecule has 120 valence electrons. The molecule has 1 saturated carbocycles. The molecule has 2 rings (SSSR count). The van der Waals surface area contributed by atoms with Gasteiger partial charge in [0.25, 0.3) is 5.91 Å². The van der Waals surface area contributed by atoms with Gasteiger partial charge in [-0.25, -0.2) is 0 Å². The van der Waals surface area contributed by atoms with E-state index in [0.29, 0.717) is 17.4 Å². The van der Waals surface area contributed by atoms with Crippen LogP contribution in [0, 0.1) is 0 Å². The second-order valence-corrected chi connectivity index (χ2v) is 6.09. The Balaban J connectivity index is 1.98. The summed E-state index contributed by atoms with van der Waals surface area (Å²) in [5.74, 6) is 0.550. The number of hydrogen-bond donors (Lipinski definition) is 0. The van der Waals surface area contributed by atoms with Crippen molar-refractivity contribution in [2.75, 3.05) is 7.05 Å². The molecule has 1 unspecified atom stereocenters. The maximum atomic E-state index is 12.5. The molecular weight excluding hydrogens is 278 g/mol. The number of ether oxygens (including phenoxy) is 1. The number of carbonyl (C=O) groups excluding carboxylic acids is 2. The monoisotopic (exact) mass is 303 g/mol. The Morgan fingerprint density at radius 3 is 2.55 bits per heavy atom. The van der Waals surface area contributed by atoms with Crippen LogP contribution in [0.5, 0.6) is 5.75 Å². The van der Waals surface area contributed by atoms with E-state index in [1.54, 1.807) is 31.2 Å². The van der Waals surface area contributed by atoms with Crippen LogP contribution in [0.15, 0.2) is 24.3 Å². The topological polar surface area (TPSA) is 46.6 Å². The molecule has 0 aromatic heterocycles. The summed E-state index contributed by atoms with van der Waals surface area (Å²) in [4.78, 5) is 25.7. The van der Waals surface area contributed by atoms with Crippen molar-refractivity contribution in [1.29, 1.82) is 0 Å². The SMILES string of the molecule is CC(=O)c1cccc(OC(C)C(=O)N(C)C2CCCCC2)c1. The van der Waals surface area contributed by atoms with Gasteiger partial charge in [-0.3, -0.25) is 9.59 Å². The van der Waals surface area contributed by atoms with Crippen molar-refractivity contribution in [3.8, 4) is 5.75 Å². The van der Waals surface area contributed by atoms with Crippen LogP contribution in [-0.2, 0) is 4.79 Å². The van der Waals surface area contributed by atoms with Gasteiger partial charge in [0.1, 0.15) is 5.75 Å². The summed E-state index contributed by atoms with van der Waals surface area (Å²) < 4.78 is 5.74. The van der Waals surface area contributed by atoms with E-state index in [-0.39, 0.29) is 11.7 Å². The fourth-order valence-electron chi connectivity index (χ4n) is 2.98. The molecule has 4 heteroatoms. The molecule has 22 heavy (non-hydrogen) atoms. The number of benzene rings is 1. The Morgan fingerprint density at radius 2 is 1.91 bits per heavy atom. The fraction of sp³-hybridized carbons (Fsp3) is 0.556. The average molecular weight is 303 g/mol. The second-order valence-electron chi connectivity index (χ2n) is 6.09. The predicted molar refractivity (Wildman–Crippen MR) is 86.2 cm³/mol. The lowest BCUT2D eigenvalue weighted by molar-refractivity contribution is -0.139. The molecule has 0 bridgehead atoms. The van der Waals surface area contributed by atoms with Crippen molar-refractivity contribution in [1.82, 2.24) is 4.90 Å². The summed E-state index contributed by atoms with van der Waals surface area (Å²) >= 11 is 0. The van der Waals surface area contributed by atoms with Crippen molar-refractivity contribution in [3.63, 3.8) is 0 Å². The molecule has 1 aromatic rings. The zero-order valence-corrected chi connectivity index (χ0v) is 13.7. The van der Waals surface area contributed by atoms with Crippen LogP contribution in [-0.4, -0.2) is 35.8 Å². The highest BCUT2D eigenvalue weighted by Crippen LogP contribution is 2.23. The van der Waals surface area contributed by atoms with Crippen LogP contribution < -0.4 is 4.74 Å². The van der Waals surface area contributed by atoms with Crippen LogP contribution in [0.3, 0.4) is 0 Å². The minimum absolute atomic E-state index is 0.000119. The summed E-state index contributed by atoms with van der Waals surface area (Å²) in [6, 6.07) is 7.31. The number of likely N-dealkylation sites (N-methyl/N-ethyl adjacent to an activating group) is 1. The predicted octanol–water partition coefficient (Wildman–Crippen LogP) is 3.45. The Bertz CT molecular complexity index is 535. The summed E-state index contributed by atoms with van der Waals surface area (Å²) in [5, 5.41) is 0. The van der Waals surface area contributed by atoms with E-state index >= 15 is 0 Å². The molecule has 1 amide bonds. The fourth-order valence-corrected chi connectivity index (χ4v) is 2.98. The van der Waals surface area contributed by atoms with Gasteiger partial charge >= 0.3 is 0 Å². The number of rotatable bonds is 5. The minimum atomic E-state index is -0.547. The lowest BCUT2D eigenvalue weighted by atomic mass is 9.94. The van der Waals surface area contributed by atoms with Crippen molar-refractivity contribution < 1.29 is 14.3 Å². The largest absolute Gasteiger partial charge is 0.481 e. The average Bonchev–Trinajstić information content (AvgIpc) is 2.54. The quantitative estimate of drug-likeness (QED) is 0.783. The first-order valence-electron chi connectivity index (χ1n) is 8.03. The van der Waals surface area contributed by atoms with Crippen molar-refractivity contribution in [2.24, 2.45) is 0 Å². The van der Waals surface area contributed by atoms with Gasteiger partial charge < -0.3 is 9.64 Å². The maximum absolute atomic E-state index is 12.5. The van der Waals surface area contributed by atoms with Crippen LogP contribution in [0.25, 0.3) is 0 Å². The third-order valence-electron chi connectivity index (χ3n) is 4.37. The Labute approximate surface area is 132 Å². The van der Waals surface area contributed by atoms with Gasteiger partial charge in [0, 0.05) is 18.7 Å². The summed E-state index contributed by atoms with van der Waals surface area (Å²) in [5.41, 5.74) is 0.595. The molecule has 0 N–H and O–H groups in total. The number of nitrogens with zero attached hydrogens (tertiary/aromatic N) is 1. The molecule has 4 nitrogen and oxygen atoms in total. The van der Waals surface area contributed by atoms with E-state index in [1.807, 2.05) is 11.9 Å². The van der Waals surface area contributed by atoms with Crippen molar-refractivity contribution >= 4 is 11.7 Å². The molecule has 1 atom stereocenters. The molecule has 1 aliphatic carbocycles. The van der Waals surface area contributed by atoms with Gasteiger partial charge in [0.05, 0.1) is 0 Å². The zero-order chi connectivity index (χ0) is 16.1. The molecule has 0 radical (unpaired) electrons. The van der Waals surface area contributed by atoms with Crippen LogP contribution in [0.1, 0.15) is 56.3 Å². The van der Waals surface area contributed by atoms with Crippen molar-refractivity contribution in [2.45, 2.75) is 58.1 Å². The van der Waals surface area contributed by atoms with Gasteiger partial charge in [-0.1, -0.05) is 31.4 Å². The van der Waals surface area contributed by atoms with E-state index in [0.717, 1.165) is 12.8 Å². The van der Waals surface area contributed by atoms with Gasteiger partial charge in [0.2, 0.25) is 0 Å². The Hall–Kier alpha value is -1.84. The van der Waals surface area contributed by atoms with E-state index in [2.05, 4.69) is 0 Å². The van der Waals surface area contributed by atoms with E-state index in [1.165, 1.54) is 26.2 Å². The second kappa shape index (κ2) is 7.43. The van der Waals surface area contributed by atoms with Gasteiger partial charge in [-0.05, 0) is 38.8 Å². The first kappa shape index (κ1) is 16.5. The number of hydrogen-bond acceptors (Lipinski definition) is 3. The number of carbonyl (C=O) groups is 2. The highest BCUT2D eigenvalue weighted by Gasteiger charge is 2.26. The standard InChI is InChI=1S/C18H25NO3/c1-13(20)15-8-7-11-17(12-15)22-14(2)18(21)19(3)16-9-5-4-6-10-16/h7-8,11-12,14,16H,4-6,9-10H2,1-3H3. The third kappa shape index (κ3) is 4.09. The lowest BCUT2D eigenvalue weighted by Crippen LogP contribution is -2.44. The molecule has 0 heterocycles. The van der Waals surface area contributed by atoms with E-state index in [4.69, 9.17) is 4.74 Å². The van der Waals surface area contributed by atoms with E-state index < -0.39 is 6.10 Å². The number of Topliss-reactive ketones (excluding diaryl/α,β-unsaturated/α-hetero) is 1. The van der Waals surface area contributed by atoms with Crippen molar-refractivity contribution in [3.05, 3.63) is 29.8 Å². The van der Waals surface area contributed by atoms with Gasteiger partial charge in [-0.2, -0.15) is 0 Å². The zero-order valence-electron chi connectivity index (χ0n) is 13.7. The Kier molecular flexibility index (Phi) is 5.58. The molecule has 0 saturated heterocycles. The lowest BCUT2D eigenvalue weighted by Gasteiger charge is -2.32. The van der Waals surface area contributed by atoms with Crippen LogP contribution >= 0.6 is 0 Å². The normalized spacial score (nSPS) is 16.9. The number of amides is 1. The molecule has 1 fully saturated rings. The van der Waals surface area contributed by atoms with Gasteiger partial charge in [-0.15, -0.1) is 0 Å². The molecule has 0 aliphatic heterocycles. The highest BCUT2D eigenvalue weighted by molar-refractivity contribution is 5.94. The summed E-state index contributed by atoms with van der Waals surface area (Å²) in [7, 11) is 1.87. The summed E-state index contributed by atoms with van der Waals surface area (Å²) in [6.45, 7) is 3.28. The molecule has 0 spiro atoms. The highest BCUT2D eigenvalue weighted by atomic mass is 16.5. The smallest absolute Gasteiger partial charge is 0.263 e.